The minimum atomic E-state index is 0.0937. The second-order valence-electron chi connectivity index (χ2n) is 3.88. The van der Waals surface area contributed by atoms with E-state index < -0.39 is 0 Å². The maximum absolute atomic E-state index is 11.5. The third kappa shape index (κ3) is 3.17. The standard InChI is InChI=1S/C15H12N2O2/c1-2-14(18)11-6-8-13(9-7-11)19-15-5-3-4-12(10-16)17-15/h3-9H,2H2,1H3. The topological polar surface area (TPSA) is 63.0 Å². The van der Waals surface area contributed by atoms with Crippen molar-refractivity contribution in [3.8, 4) is 17.7 Å². The average molecular weight is 252 g/mol. The van der Waals surface area contributed by atoms with Crippen LogP contribution in [0.1, 0.15) is 29.4 Å². The number of ether oxygens (including phenoxy) is 1. The van der Waals surface area contributed by atoms with Gasteiger partial charge >= 0.3 is 0 Å². The molecule has 0 aliphatic carbocycles. The summed E-state index contributed by atoms with van der Waals surface area (Å²) in [5.41, 5.74) is 0.962. The number of rotatable bonds is 4. The van der Waals surface area contributed by atoms with E-state index in [0.29, 0.717) is 29.3 Å². The molecule has 0 N–H and O–H groups in total. The van der Waals surface area contributed by atoms with E-state index in [1.807, 2.05) is 13.0 Å². The molecule has 0 spiro atoms. The van der Waals surface area contributed by atoms with Crippen molar-refractivity contribution in [3.63, 3.8) is 0 Å². The molecule has 0 unspecified atom stereocenters. The van der Waals surface area contributed by atoms with Crippen molar-refractivity contribution < 1.29 is 9.53 Å². The van der Waals surface area contributed by atoms with Gasteiger partial charge in [0.15, 0.2) is 5.78 Å². The Kier molecular flexibility index (Phi) is 3.89. The molecule has 0 aliphatic heterocycles. The smallest absolute Gasteiger partial charge is 0.220 e. The number of hydrogen-bond acceptors (Lipinski definition) is 4. The molecule has 4 heteroatoms. The Morgan fingerprint density at radius 2 is 2.00 bits per heavy atom. The fraction of sp³-hybridized carbons (Fsp3) is 0.133. The number of nitrogens with zero attached hydrogens (tertiary/aromatic N) is 2. The minimum Gasteiger partial charge on any atom is -0.439 e. The predicted octanol–water partition coefficient (Wildman–Crippen LogP) is 3.34. The highest BCUT2D eigenvalue weighted by atomic mass is 16.5. The largest absolute Gasteiger partial charge is 0.439 e. The monoisotopic (exact) mass is 252 g/mol. The molecule has 0 amide bonds. The van der Waals surface area contributed by atoms with Crippen molar-refractivity contribution in [3.05, 3.63) is 53.7 Å². The Hall–Kier alpha value is -2.67. The SMILES string of the molecule is CCC(=O)c1ccc(Oc2cccc(C#N)n2)cc1. The molecular formula is C15H12N2O2. The molecular weight excluding hydrogens is 240 g/mol. The first-order valence-corrected chi connectivity index (χ1v) is 5.91. The van der Waals surface area contributed by atoms with Crippen LogP contribution in [0.3, 0.4) is 0 Å². The summed E-state index contributed by atoms with van der Waals surface area (Å²) in [4.78, 5) is 15.5. The van der Waals surface area contributed by atoms with E-state index >= 15 is 0 Å². The van der Waals surface area contributed by atoms with Gasteiger partial charge in [-0.2, -0.15) is 5.26 Å². The molecule has 4 nitrogen and oxygen atoms in total. The Morgan fingerprint density at radius 3 is 2.63 bits per heavy atom. The van der Waals surface area contributed by atoms with Crippen LogP contribution in [0, 0.1) is 11.3 Å². The summed E-state index contributed by atoms with van der Waals surface area (Å²) in [5.74, 6) is 1.03. The van der Waals surface area contributed by atoms with Gasteiger partial charge in [0.2, 0.25) is 5.88 Å². The van der Waals surface area contributed by atoms with E-state index in [-0.39, 0.29) is 5.78 Å². The molecule has 0 bridgehead atoms. The normalized spacial score (nSPS) is 9.68. The second kappa shape index (κ2) is 5.78. The molecule has 0 atom stereocenters. The summed E-state index contributed by atoms with van der Waals surface area (Å²) in [6, 6.07) is 13.8. The predicted molar refractivity (Wildman–Crippen MR) is 70.1 cm³/mol. The summed E-state index contributed by atoms with van der Waals surface area (Å²) >= 11 is 0. The molecule has 94 valence electrons. The lowest BCUT2D eigenvalue weighted by molar-refractivity contribution is 0.0988. The molecule has 2 rings (SSSR count). The molecule has 0 saturated heterocycles. The van der Waals surface area contributed by atoms with Gasteiger partial charge < -0.3 is 4.74 Å². The van der Waals surface area contributed by atoms with Gasteiger partial charge in [-0.05, 0) is 30.3 Å². The molecule has 0 radical (unpaired) electrons. The van der Waals surface area contributed by atoms with Crippen LogP contribution >= 0.6 is 0 Å². The molecule has 1 aromatic carbocycles. The Labute approximate surface area is 111 Å². The lowest BCUT2D eigenvalue weighted by atomic mass is 10.1. The third-order valence-electron chi connectivity index (χ3n) is 2.56. The lowest BCUT2D eigenvalue weighted by Crippen LogP contribution is -1.96. The van der Waals surface area contributed by atoms with Crippen molar-refractivity contribution in [2.75, 3.05) is 0 Å². The zero-order chi connectivity index (χ0) is 13.7. The Balaban J connectivity index is 2.15. The van der Waals surface area contributed by atoms with E-state index in [9.17, 15) is 4.79 Å². The van der Waals surface area contributed by atoms with E-state index in [1.165, 1.54) is 0 Å². The summed E-state index contributed by atoms with van der Waals surface area (Å²) in [5, 5.41) is 8.75. The lowest BCUT2D eigenvalue weighted by Gasteiger charge is -2.05. The number of carbonyl (C=O) groups is 1. The molecule has 0 aliphatic rings. The van der Waals surface area contributed by atoms with Gasteiger partial charge in [-0.1, -0.05) is 13.0 Å². The van der Waals surface area contributed by atoms with E-state index in [4.69, 9.17) is 10.00 Å². The number of ketones is 1. The number of hydrogen-bond donors (Lipinski definition) is 0. The van der Waals surface area contributed by atoms with Crippen LogP contribution in [-0.2, 0) is 0 Å². The van der Waals surface area contributed by atoms with Gasteiger partial charge in [-0.25, -0.2) is 4.98 Å². The number of benzene rings is 1. The van der Waals surface area contributed by atoms with Gasteiger partial charge in [-0.3, -0.25) is 4.79 Å². The van der Waals surface area contributed by atoms with Crippen molar-refractivity contribution in [2.45, 2.75) is 13.3 Å². The summed E-state index contributed by atoms with van der Waals surface area (Å²) in [7, 11) is 0. The average Bonchev–Trinajstić information content (AvgIpc) is 2.47. The summed E-state index contributed by atoms with van der Waals surface area (Å²) < 4.78 is 5.52. The fourth-order valence-electron chi connectivity index (χ4n) is 1.57. The van der Waals surface area contributed by atoms with Gasteiger partial charge in [-0.15, -0.1) is 0 Å². The van der Waals surface area contributed by atoms with Crippen LogP contribution in [0.4, 0.5) is 0 Å². The Morgan fingerprint density at radius 1 is 1.26 bits per heavy atom. The molecule has 0 fully saturated rings. The van der Waals surface area contributed by atoms with Crippen molar-refractivity contribution >= 4 is 5.78 Å². The minimum absolute atomic E-state index is 0.0937. The number of nitriles is 1. The van der Waals surface area contributed by atoms with Gasteiger partial charge in [0.25, 0.3) is 0 Å². The first-order valence-electron chi connectivity index (χ1n) is 5.91. The van der Waals surface area contributed by atoms with E-state index in [2.05, 4.69) is 4.98 Å². The second-order valence-corrected chi connectivity index (χ2v) is 3.88. The summed E-state index contributed by atoms with van der Waals surface area (Å²) in [6.45, 7) is 1.82. The van der Waals surface area contributed by atoms with Crippen LogP contribution in [0.5, 0.6) is 11.6 Å². The van der Waals surface area contributed by atoms with Gasteiger partial charge in [0.1, 0.15) is 17.5 Å². The number of carbonyl (C=O) groups excluding carboxylic acids is 1. The van der Waals surface area contributed by atoms with Crippen LogP contribution in [0.15, 0.2) is 42.5 Å². The van der Waals surface area contributed by atoms with E-state index in [0.717, 1.165) is 0 Å². The molecule has 19 heavy (non-hydrogen) atoms. The fourth-order valence-corrected chi connectivity index (χ4v) is 1.57. The first-order chi connectivity index (χ1) is 9.22. The number of Topliss-reactive ketones (excluding diaryl/α,β-unsaturated/α-hetero) is 1. The highest BCUT2D eigenvalue weighted by Crippen LogP contribution is 2.20. The first kappa shape index (κ1) is 12.8. The van der Waals surface area contributed by atoms with Crippen molar-refractivity contribution in [1.82, 2.24) is 4.98 Å². The van der Waals surface area contributed by atoms with Gasteiger partial charge in [0.05, 0.1) is 0 Å². The van der Waals surface area contributed by atoms with Crippen molar-refractivity contribution in [2.24, 2.45) is 0 Å². The molecule has 1 aromatic heterocycles. The highest BCUT2D eigenvalue weighted by Gasteiger charge is 2.04. The van der Waals surface area contributed by atoms with Crippen molar-refractivity contribution in [1.29, 1.82) is 5.26 Å². The van der Waals surface area contributed by atoms with E-state index in [1.54, 1.807) is 42.5 Å². The van der Waals surface area contributed by atoms with Gasteiger partial charge in [0, 0.05) is 18.1 Å². The maximum Gasteiger partial charge on any atom is 0.220 e. The molecule has 2 aromatic rings. The zero-order valence-corrected chi connectivity index (χ0v) is 10.5. The quantitative estimate of drug-likeness (QED) is 0.783. The van der Waals surface area contributed by atoms with Crippen LogP contribution in [-0.4, -0.2) is 10.8 Å². The van der Waals surface area contributed by atoms with Crippen LogP contribution < -0.4 is 4.74 Å². The molecule has 1 heterocycles. The highest BCUT2D eigenvalue weighted by molar-refractivity contribution is 5.95. The van der Waals surface area contributed by atoms with Crippen LogP contribution in [0.2, 0.25) is 0 Å². The number of aromatic nitrogens is 1. The number of pyridine rings is 1. The summed E-state index contributed by atoms with van der Waals surface area (Å²) in [6.07, 6.45) is 0.478. The van der Waals surface area contributed by atoms with Crippen LogP contribution in [0.25, 0.3) is 0 Å². The zero-order valence-electron chi connectivity index (χ0n) is 10.5. The molecule has 0 saturated carbocycles. The Bertz CT molecular complexity index is 627. The third-order valence-corrected chi connectivity index (χ3v) is 2.56. The maximum atomic E-state index is 11.5.